The highest BCUT2D eigenvalue weighted by molar-refractivity contribution is 7.92. The van der Waals surface area contributed by atoms with Crippen molar-refractivity contribution in [3.63, 3.8) is 0 Å². The molecular formula is C13H12ClFN2O2S. The lowest BCUT2D eigenvalue weighted by Crippen LogP contribution is -2.14. The summed E-state index contributed by atoms with van der Waals surface area (Å²) >= 11 is 5.81. The van der Waals surface area contributed by atoms with Gasteiger partial charge in [-0.1, -0.05) is 11.6 Å². The molecule has 2 aromatic carbocycles. The number of benzene rings is 2. The third kappa shape index (κ3) is 3.02. The van der Waals surface area contributed by atoms with E-state index in [9.17, 15) is 12.8 Å². The molecule has 0 radical (unpaired) electrons. The molecule has 7 heteroatoms. The number of sulfonamides is 1. The van der Waals surface area contributed by atoms with Gasteiger partial charge >= 0.3 is 0 Å². The summed E-state index contributed by atoms with van der Waals surface area (Å²) < 4.78 is 39.8. The highest BCUT2D eigenvalue weighted by Gasteiger charge is 2.16. The van der Waals surface area contributed by atoms with Crippen molar-refractivity contribution in [2.45, 2.75) is 11.8 Å². The van der Waals surface area contributed by atoms with E-state index in [2.05, 4.69) is 4.72 Å². The molecular weight excluding hydrogens is 303 g/mol. The van der Waals surface area contributed by atoms with E-state index in [4.69, 9.17) is 17.3 Å². The Morgan fingerprint density at radius 2 is 1.90 bits per heavy atom. The van der Waals surface area contributed by atoms with Crippen LogP contribution in [-0.4, -0.2) is 8.42 Å². The average Bonchev–Trinajstić information content (AvgIpc) is 2.36. The maximum atomic E-state index is 13.0. The number of halogens is 2. The lowest BCUT2D eigenvalue weighted by atomic mass is 10.2. The van der Waals surface area contributed by atoms with Gasteiger partial charge in [0.1, 0.15) is 5.82 Å². The zero-order chi connectivity index (χ0) is 14.9. The van der Waals surface area contributed by atoms with Crippen LogP contribution in [0.5, 0.6) is 0 Å². The summed E-state index contributed by atoms with van der Waals surface area (Å²) in [5.41, 5.74) is 6.62. The third-order valence-electron chi connectivity index (χ3n) is 2.71. The molecule has 0 unspecified atom stereocenters. The van der Waals surface area contributed by atoms with Gasteiger partial charge in [0.25, 0.3) is 10.0 Å². The zero-order valence-electron chi connectivity index (χ0n) is 10.5. The third-order valence-corrected chi connectivity index (χ3v) is 4.41. The first-order chi connectivity index (χ1) is 9.29. The van der Waals surface area contributed by atoms with Gasteiger partial charge in [0.2, 0.25) is 0 Å². The quantitative estimate of drug-likeness (QED) is 0.855. The second-order valence-electron chi connectivity index (χ2n) is 4.25. The van der Waals surface area contributed by atoms with Crippen molar-refractivity contribution in [1.82, 2.24) is 0 Å². The van der Waals surface area contributed by atoms with Gasteiger partial charge in [-0.3, -0.25) is 4.72 Å². The zero-order valence-corrected chi connectivity index (χ0v) is 12.1. The molecule has 0 spiro atoms. The van der Waals surface area contributed by atoms with E-state index in [0.29, 0.717) is 16.9 Å². The molecule has 0 aliphatic carbocycles. The van der Waals surface area contributed by atoms with Crippen LogP contribution in [0.3, 0.4) is 0 Å². The molecule has 0 bridgehead atoms. The van der Waals surface area contributed by atoms with Crippen molar-refractivity contribution < 1.29 is 12.8 Å². The van der Waals surface area contributed by atoms with Crippen LogP contribution in [-0.2, 0) is 10.0 Å². The van der Waals surface area contributed by atoms with Crippen LogP contribution in [0.2, 0.25) is 5.02 Å². The molecule has 0 fully saturated rings. The largest absolute Gasteiger partial charge is 0.398 e. The summed E-state index contributed by atoms with van der Waals surface area (Å²) in [6.45, 7) is 1.61. The second-order valence-corrected chi connectivity index (χ2v) is 6.34. The average molecular weight is 315 g/mol. The van der Waals surface area contributed by atoms with Gasteiger partial charge in [0.15, 0.2) is 0 Å². The van der Waals surface area contributed by atoms with Gasteiger partial charge in [-0.05, 0) is 48.9 Å². The Kier molecular flexibility index (Phi) is 3.87. The van der Waals surface area contributed by atoms with Crippen LogP contribution in [0.15, 0.2) is 41.3 Å². The van der Waals surface area contributed by atoms with E-state index in [0.717, 1.165) is 0 Å². The van der Waals surface area contributed by atoms with Crippen LogP contribution in [0.1, 0.15) is 5.56 Å². The molecule has 20 heavy (non-hydrogen) atoms. The summed E-state index contributed by atoms with van der Waals surface area (Å²) in [4.78, 5) is -0.0135. The predicted molar refractivity (Wildman–Crippen MR) is 77.8 cm³/mol. The number of hydrogen-bond donors (Lipinski definition) is 2. The Morgan fingerprint density at radius 3 is 2.50 bits per heavy atom. The summed E-state index contributed by atoms with van der Waals surface area (Å²) in [6.07, 6.45) is 0. The van der Waals surface area contributed by atoms with Gasteiger partial charge in [-0.2, -0.15) is 0 Å². The van der Waals surface area contributed by atoms with Crippen LogP contribution < -0.4 is 10.5 Å². The molecule has 4 nitrogen and oxygen atoms in total. The topological polar surface area (TPSA) is 72.2 Å². The fraction of sp³-hybridized carbons (Fsp3) is 0.0769. The minimum atomic E-state index is -3.80. The van der Waals surface area contributed by atoms with Gasteiger partial charge in [-0.25, -0.2) is 12.8 Å². The predicted octanol–water partition coefficient (Wildman–Crippen LogP) is 3.17. The number of nitrogens with one attached hydrogen (secondary N) is 1. The van der Waals surface area contributed by atoms with Gasteiger partial charge in [-0.15, -0.1) is 0 Å². The molecule has 0 aromatic heterocycles. The van der Waals surface area contributed by atoms with Crippen molar-refractivity contribution in [1.29, 1.82) is 0 Å². The standard InChI is InChI=1S/C13H12ClFN2O2S/c1-8-6-9(15)2-5-13(8)17-20(18,19)10-3-4-12(16)11(14)7-10/h2-7,17H,16H2,1H3. The van der Waals surface area contributed by atoms with Gasteiger partial charge in [0, 0.05) is 0 Å². The van der Waals surface area contributed by atoms with E-state index < -0.39 is 15.8 Å². The van der Waals surface area contributed by atoms with Crippen LogP contribution in [0.4, 0.5) is 15.8 Å². The first-order valence-corrected chi connectivity index (χ1v) is 7.50. The minimum absolute atomic E-state index is 0.0135. The van der Waals surface area contributed by atoms with Crippen molar-refractivity contribution >= 4 is 33.0 Å². The Morgan fingerprint density at radius 1 is 1.20 bits per heavy atom. The lowest BCUT2D eigenvalue weighted by molar-refractivity contribution is 0.601. The van der Waals surface area contributed by atoms with E-state index in [-0.39, 0.29) is 9.92 Å². The first-order valence-electron chi connectivity index (χ1n) is 5.63. The maximum absolute atomic E-state index is 13.0. The molecule has 0 heterocycles. The van der Waals surface area contributed by atoms with Crippen LogP contribution in [0.25, 0.3) is 0 Å². The van der Waals surface area contributed by atoms with Crippen LogP contribution in [0, 0.1) is 12.7 Å². The number of anilines is 2. The van der Waals surface area contributed by atoms with E-state index in [1.165, 1.54) is 36.4 Å². The molecule has 2 rings (SSSR count). The van der Waals surface area contributed by atoms with E-state index >= 15 is 0 Å². The number of hydrogen-bond acceptors (Lipinski definition) is 3. The van der Waals surface area contributed by atoms with E-state index in [1.54, 1.807) is 6.92 Å². The fourth-order valence-corrected chi connectivity index (χ4v) is 3.02. The monoisotopic (exact) mass is 314 g/mol. The van der Waals surface area contributed by atoms with Crippen molar-refractivity contribution in [3.05, 3.63) is 52.8 Å². The Labute approximate surface area is 121 Å². The number of nitrogen functional groups attached to an aromatic ring is 1. The number of aryl methyl sites for hydroxylation is 1. The van der Waals surface area contributed by atoms with Crippen molar-refractivity contribution in [2.24, 2.45) is 0 Å². The minimum Gasteiger partial charge on any atom is -0.398 e. The van der Waals surface area contributed by atoms with Gasteiger partial charge in [0.05, 0.1) is 21.3 Å². The SMILES string of the molecule is Cc1cc(F)ccc1NS(=O)(=O)c1ccc(N)c(Cl)c1. The molecule has 2 aromatic rings. The second kappa shape index (κ2) is 5.30. The molecule has 0 aliphatic rings. The number of rotatable bonds is 3. The summed E-state index contributed by atoms with van der Waals surface area (Å²) in [5, 5.41) is 0.156. The summed E-state index contributed by atoms with van der Waals surface area (Å²) in [5.74, 6) is -0.430. The van der Waals surface area contributed by atoms with Crippen molar-refractivity contribution in [3.8, 4) is 0 Å². The Bertz CT molecular complexity index is 763. The molecule has 0 amide bonds. The summed E-state index contributed by atoms with van der Waals surface area (Å²) in [6, 6.07) is 7.81. The molecule has 0 saturated heterocycles. The highest BCUT2D eigenvalue weighted by atomic mass is 35.5. The molecule has 0 atom stereocenters. The smallest absolute Gasteiger partial charge is 0.261 e. The Hall–Kier alpha value is -1.79. The lowest BCUT2D eigenvalue weighted by Gasteiger charge is -2.11. The molecule has 3 N–H and O–H groups in total. The van der Waals surface area contributed by atoms with Crippen LogP contribution >= 0.6 is 11.6 Å². The molecule has 0 aliphatic heterocycles. The maximum Gasteiger partial charge on any atom is 0.261 e. The van der Waals surface area contributed by atoms with Gasteiger partial charge < -0.3 is 5.73 Å². The normalized spacial score (nSPS) is 11.3. The van der Waals surface area contributed by atoms with E-state index in [1.807, 2.05) is 0 Å². The molecule has 0 saturated carbocycles. The Balaban J connectivity index is 2.38. The molecule has 106 valence electrons. The summed E-state index contributed by atoms with van der Waals surface area (Å²) in [7, 11) is -3.80. The van der Waals surface area contributed by atoms with Crippen molar-refractivity contribution in [2.75, 3.05) is 10.5 Å². The number of nitrogens with two attached hydrogens (primary N) is 1. The fourth-order valence-electron chi connectivity index (χ4n) is 1.62. The first kappa shape index (κ1) is 14.6. The highest BCUT2D eigenvalue weighted by Crippen LogP contribution is 2.25.